The molecule has 0 unspecified atom stereocenters. The number of rotatable bonds is 5. The number of carbonyl (C=O) groups is 2. The first kappa shape index (κ1) is 15.6. The number of amides is 1. The third kappa shape index (κ3) is 3.64. The van der Waals surface area contributed by atoms with Crippen LogP contribution in [0.15, 0.2) is 22.7 Å². The third-order valence-electron chi connectivity index (χ3n) is 2.71. The molecule has 0 aliphatic heterocycles. The van der Waals surface area contributed by atoms with Crippen molar-refractivity contribution in [2.24, 2.45) is 0 Å². The van der Waals surface area contributed by atoms with Crippen molar-refractivity contribution >= 4 is 45.0 Å². The number of nitrogens with zero attached hydrogens (tertiary/aromatic N) is 2. The molecule has 0 bridgehead atoms. The lowest BCUT2D eigenvalue weighted by atomic mass is 10.2. The van der Waals surface area contributed by atoms with Crippen LogP contribution in [0.2, 0.25) is 0 Å². The van der Waals surface area contributed by atoms with Gasteiger partial charge in [0.25, 0.3) is 5.91 Å². The molecule has 1 heterocycles. The van der Waals surface area contributed by atoms with Crippen LogP contribution in [0.4, 0.5) is 5.69 Å². The van der Waals surface area contributed by atoms with Crippen LogP contribution in [0, 0.1) is 0 Å². The molecule has 0 saturated carbocycles. The highest BCUT2D eigenvalue weighted by Crippen LogP contribution is 2.25. The lowest BCUT2D eigenvalue weighted by Gasteiger charge is -2.07. The van der Waals surface area contributed by atoms with E-state index in [-0.39, 0.29) is 11.5 Å². The highest BCUT2D eigenvalue weighted by Gasteiger charge is 2.17. The van der Waals surface area contributed by atoms with Crippen LogP contribution in [-0.4, -0.2) is 26.6 Å². The first-order valence-electron chi connectivity index (χ1n) is 6.18. The summed E-state index contributed by atoms with van der Waals surface area (Å²) in [4.78, 5) is 23.6. The topological polar surface area (TPSA) is 92.2 Å². The zero-order chi connectivity index (χ0) is 15.4. The zero-order valence-corrected chi connectivity index (χ0v) is 13.5. The van der Waals surface area contributed by atoms with Crippen LogP contribution in [0.1, 0.15) is 39.1 Å². The van der Waals surface area contributed by atoms with Crippen molar-refractivity contribution in [3.8, 4) is 0 Å². The number of anilines is 1. The van der Waals surface area contributed by atoms with Gasteiger partial charge in [-0.2, -0.15) is 0 Å². The van der Waals surface area contributed by atoms with Gasteiger partial charge in [-0.15, -0.1) is 5.10 Å². The number of aromatic carboxylic acids is 1. The van der Waals surface area contributed by atoms with Gasteiger partial charge < -0.3 is 10.4 Å². The van der Waals surface area contributed by atoms with Gasteiger partial charge in [-0.25, -0.2) is 4.79 Å². The summed E-state index contributed by atoms with van der Waals surface area (Å²) >= 11 is 4.30. The summed E-state index contributed by atoms with van der Waals surface area (Å²) in [6, 6.07) is 4.41. The zero-order valence-electron chi connectivity index (χ0n) is 11.1. The molecule has 0 saturated heterocycles. The molecule has 6 nitrogen and oxygen atoms in total. The highest BCUT2D eigenvalue weighted by molar-refractivity contribution is 9.10. The first-order valence-corrected chi connectivity index (χ1v) is 7.75. The second-order valence-electron chi connectivity index (χ2n) is 4.25. The molecule has 8 heteroatoms. The predicted molar refractivity (Wildman–Crippen MR) is 83.0 cm³/mol. The summed E-state index contributed by atoms with van der Waals surface area (Å²) in [7, 11) is 0. The summed E-state index contributed by atoms with van der Waals surface area (Å²) in [5, 5.41) is 15.6. The van der Waals surface area contributed by atoms with Crippen LogP contribution in [-0.2, 0) is 6.42 Å². The van der Waals surface area contributed by atoms with Gasteiger partial charge in [0.1, 0.15) is 4.88 Å². The van der Waals surface area contributed by atoms with Crippen LogP contribution in [0.5, 0.6) is 0 Å². The SMILES string of the molecule is CCCc1nnsc1C(=O)Nc1ccc(C(=O)O)cc1Br. The van der Waals surface area contributed by atoms with Gasteiger partial charge in [0.2, 0.25) is 0 Å². The number of carboxylic acid groups (broad SMARTS) is 1. The molecule has 1 aromatic carbocycles. The van der Waals surface area contributed by atoms with Gasteiger partial charge in [0.05, 0.1) is 16.9 Å². The van der Waals surface area contributed by atoms with Gasteiger partial charge in [-0.1, -0.05) is 17.8 Å². The molecule has 2 aromatic rings. The summed E-state index contributed by atoms with van der Waals surface area (Å²) in [6.45, 7) is 2.00. The Morgan fingerprint density at radius 3 is 2.81 bits per heavy atom. The number of hydrogen-bond acceptors (Lipinski definition) is 5. The number of benzene rings is 1. The molecule has 0 aliphatic rings. The largest absolute Gasteiger partial charge is 0.478 e. The van der Waals surface area contributed by atoms with E-state index in [0.717, 1.165) is 18.0 Å². The number of carboxylic acids is 1. The quantitative estimate of drug-likeness (QED) is 0.843. The van der Waals surface area contributed by atoms with Crippen LogP contribution < -0.4 is 5.32 Å². The van der Waals surface area contributed by atoms with Crippen LogP contribution >= 0.6 is 27.5 Å². The molecular weight excluding hydrogens is 358 g/mol. The Balaban J connectivity index is 2.19. The summed E-state index contributed by atoms with van der Waals surface area (Å²) < 4.78 is 4.31. The molecule has 110 valence electrons. The van der Waals surface area contributed by atoms with Gasteiger partial charge in [0.15, 0.2) is 0 Å². The average Bonchev–Trinajstić information content (AvgIpc) is 2.89. The van der Waals surface area contributed by atoms with Crippen molar-refractivity contribution in [3.63, 3.8) is 0 Å². The van der Waals surface area contributed by atoms with Crippen molar-refractivity contribution in [3.05, 3.63) is 38.8 Å². The number of hydrogen-bond donors (Lipinski definition) is 2. The predicted octanol–water partition coefficient (Wildman–Crippen LogP) is 3.20. The van der Waals surface area contributed by atoms with E-state index in [9.17, 15) is 9.59 Å². The van der Waals surface area contributed by atoms with E-state index in [1.165, 1.54) is 12.1 Å². The second kappa shape index (κ2) is 6.77. The number of nitrogens with one attached hydrogen (secondary N) is 1. The second-order valence-corrected chi connectivity index (χ2v) is 5.86. The fourth-order valence-electron chi connectivity index (χ4n) is 1.71. The van der Waals surface area contributed by atoms with E-state index in [2.05, 4.69) is 30.8 Å². The monoisotopic (exact) mass is 369 g/mol. The van der Waals surface area contributed by atoms with E-state index in [1.54, 1.807) is 6.07 Å². The van der Waals surface area contributed by atoms with Gasteiger partial charge in [-0.3, -0.25) is 4.79 Å². The highest BCUT2D eigenvalue weighted by atomic mass is 79.9. The smallest absolute Gasteiger partial charge is 0.335 e. The minimum Gasteiger partial charge on any atom is -0.478 e. The summed E-state index contributed by atoms with van der Waals surface area (Å²) in [5.41, 5.74) is 1.32. The van der Waals surface area contributed by atoms with E-state index >= 15 is 0 Å². The Bertz CT molecular complexity index is 687. The third-order valence-corrected chi connectivity index (χ3v) is 4.14. The molecular formula is C13H12BrN3O3S. The lowest BCUT2D eigenvalue weighted by molar-refractivity contribution is 0.0696. The molecule has 1 aromatic heterocycles. The molecule has 0 spiro atoms. The molecule has 0 aliphatic carbocycles. The first-order chi connectivity index (χ1) is 10.0. The van der Waals surface area contributed by atoms with E-state index in [1.807, 2.05) is 6.92 Å². The molecule has 1 amide bonds. The maximum absolute atomic E-state index is 12.2. The Hall–Kier alpha value is -1.80. The number of aromatic nitrogens is 2. The normalized spacial score (nSPS) is 10.4. The molecule has 0 radical (unpaired) electrons. The number of carbonyl (C=O) groups excluding carboxylic acids is 1. The van der Waals surface area contributed by atoms with E-state index < -0.39 is 5.97 Å². The lowest BCUT2D eigenvalue weighted by Crippen LogP contribution is -2.13. The van der Waals surface area contributed by atoms with Crippen molar-refractivity contribution in [1.82, 2.24) is 9.59 Å². The van der Waals surface area contributed by atoms with Gasteiger partial charge in [0, 0.05) is 4.47 Å². The Morgan fingerprint density at radius 2 is 2.19 bits per heavy atom. The van der Waals surface area contributed by atoms with Crippen molar-refractivity contribution in [1.29, 1.82) is 0 Å². The molecule has 0 fully saturated rings. The molecule has 2 N–H and O–H groups in total. The maximum Gasteiger partial charge on any atom is 0.335 e. The maximum atomic E-state index is 12.2. The minimum atomic E-state index is -1.02. The fourth-order valence-corrected chi connectivity index (χ4v) is 2.79. The van der Waals surface area contributed by atoms with Gasteiger partial charge in [-0.05, 0) is 52.1 Å². The standard InChI is InChI=1S/C13H12BrN3O3S/c1-2-3-10-11(21-17-16-10)12(18)15-9-5-4-7(13(19)20)6-8(9)14/h4-6H,2-3H2,1H3,(H,15,18)(H,19,20). The molecule has 21 heavy (non-hydrogen) atoms. The fraction of sp³-hybridized carbons (Fsp3) is 0.231. The Labute approximate surface area is 133 Å². The van der Waals surface area contributed by atoms with Crippen LogP contribution in [0.3, 0.4) is 0 Å². The van der Waals surface area contributed by atoms with Crippen molar-refractivity contribution in [2.75, 3.05) is 5.32 Å². The Kier molecular flexibility index (Phi) is 5.03. The summed E-state index contributed by atoms with van der Waals surface area (Å²) in [6.07, 6.45) is 1.57. The van der Waals surface area contributed by atoms with Crippen molar-refractivity contribution in [2.45, 2.75) is 19.8 Å². The number of halogens is 1. The van der Waals surface area contributed by atoms with Crippen molar-refractivity contribution < 1.29 is 14.7 Å². The average molecular weight is 370 g/mol. The molecule has 2 rings (SSSR count). The molecule has 0 atom stereocenters. The minimum absolute atomic E-state index is 0.144. The Morgan fingerprint density at radius 1 is 1.43 bits per heavy atom. The van der Waals surface area contributed by atoms with Crippen LogP contribution in [0.25, 0.3) is 0 Å². The van der Waals surface area contributed by atoms with E-state index in [0.29, 0.717) is 27.2 Å². The van der Waals surface area contributed by atoms with Gasteiger partial charge >= 0.3 is 5.97 Å². The summed E-state index contributed by atoms with van der Waals surface area (Å²) in [5.74, 6) is -1.32. The van der Waals surface area contributed by atoms with E-state index in [4.69, 9.17) is 5.11 Å². The number of aryl methyl sites for hydroxylation is 1.